The fraction of sp³-hybridized carbons (Fsp3) is 0.474. The highest BCUT2D eigenvalue weighted by Crippen LogP contribution is 2.31. The normalized spacial score (nSPS) is 18.3. The number of hydrogen-bond donors (Lipinski definition) is 1. The largest absolute Gasteiger partial charge is 0.349 e. The number of rotatable bonds is 3. The van der Waals surface area contributed by atoms with Crippen LogP contribution in [0.25, 0.3) is 0 Å². The average Bonchev–Trinajstić information content (AvgIpc) is 2.79. The Morgan fingerprint density at radius 1 is 1.35 bits per heavy atom. The number of fused-ring (bicyclic) bond motifs is 1. The van der Waals surface area contributed by atoms with E-state index in [2.05, 4.69) is 34.7 Å². The summed E-state index contributed by atoms with van der Waals surface area (Å²) in [6, 6.07) is 8.58. The quantitative estimate of drug-likeness (QED) is 0.945. The van der Waals surface area contributed by atoms with Crippen LogP contribution in [0, 0.1) is 13.8 Å². The summed E-state index contributed by atoms with van der Waals surface area (Å²) in [4.78, 5) is 12.8. The molecule has 2 atom stereocenters. The van der Waals surface area contributed by atoms with Gasteiger partial charge in [-0.25, -0.2) is 0 Å². The maximum Gasteiger partial charge on any atom is 0.227 e. The first-order valence-electron chi connectivity index (χ1n) is 8.37. The summed E-state index contributed by atoms with van der Waals surface area (Å²) in [7, 11) is 1.92. The van der Waals surface area contributed by atoms with Crippen molar-refractivity contribution in [3.8, 4) is 0 Å². The highest BCUT2D eigenvalue weighted by atomic mass is 16.1. The number of benzene rings is 1. The van der Waals surface area contributed by atoms with Gasteiger partial charge in [0.05, 0.1) is 17.7 Å². The molecule has 0 saturated carbocycles. The molecule has 0 unspecified atom stereocenters. The lowest BCUT2D eigenvalue weighted by Crippen LogP contribution is -2.34. The van der Waals surface area contributed by atoms with Crippen molar-refractivity contribution in [1.29, 1.82) is 0 Å². The molecule has 1 aliphatic rings. The highest BCUT2D eigenvalue weighted by molar-refractivity contribution is 5.84. The van der Waals surface area contributed by atoms with Crippen LogP contribution in [0.1, 0.15) is 59.8 Å². The Bertz CT molecular complexity index is 732. The molecule has 0 aliphatic heterocycles. The lowest BCUT2D eigenvalue weighted by molar-refractivity contribution is -0.123. The second-order valence-electron chi connectivity index (χ2n) is 6.58. The van der Waals surface area contributed by atoms with Gasteiger partial charge in [-0.2, -0.15) is 5.10 Å². The molecule has 0 fully saturated rings. The summed E-state index contributed by atoms with van der Waals surface area (Å²) >= 11 is 0. The molecule has 0 spiro atoms. The highest BCUT2D eigenvalue weighted by Gasteiger charge is 2.27. The average molecular weight is 311 g/mol. The number of aryl methyl sites for hydroxylation is 3. The number of nitrogens with zero attached hydrogens (tertiary/aromatic N) is 2. The topological polar surface area (TPSA) is 46.9 Å². The van der Waals surface area contributed by atoms with Gasteiger partial charge in [0.25, 0.3) is 0 Å². The van der Waals surface area contributed by atoms with Crippen LogP contribution in [-0.4, -0.2) is 15.7 Å². The molecule has 0 radical (unpaired) electrons. The monoisotopic (exact) mass is 311 g/mol. The number of hydrogen-bond acceptors (Lipinski definition) is 2. The van der Waals surface area contributed by atoms with Gasteiger partial charge < -0.3 is 5.32 Å². The predicted molar refractivity (Wildman–Crippen MR) is 91.4 cm³/mol. The second kappa shape index (κ2) is 6.19. The van der Waals surface area contributed by atoms with Gasteiger partial charge in [-0.15, -0.1) is 0 Å². The van der Waals surface area contributed by atoms with E-state index in [1.807, 2.05) is 32.5 Å². The third-order valence-electron chi connectivity index (χ3n) is 5.08. The third kappa shape index (κ3) is 2.90. The Morgan fingerprint density at radius 2 is 2.09 bits per heavy atom. The van der Waals surface area contributed by atoms with Crippen molar-refractivity contribution in [2.75, 3.05) is 0 Å². The van der Waals surface area contributed by atoms with Crippen LogP contribution in [0.15, 0.2) is 24.3 Å². The van der Waals surface area contributed by atoms with Gasteiger partial charge in [-0.3, -0.25) is 9.48 Å². The minimum atomic E-state index is -0.183. The molecule has 0 bridgehead atoms. The Labute approximate surface area is 137 Å². The molecule has 3 rings (SSSR count). The van der Waals surface area contributed by atoms with Gasteiger partial charge in [-0.1, -0.05) is 24.3 Å². The molecule has 1 aromatic heterocycles. The van der Waals surface area contributed by atoms with Crippen molar-refractivity contribution in [2.24, 2.45) is 7.05 Å². The smallest absolute Gasteiger partial charge is 0.227 e. The molecule has 1 aromatic carbocycles. The molecule has 0 saturated heterocycles. The summed E-state index contributed by atoms with van der Waals surface area (Å²) < 4.78 is 1.85. The van der Waals surface area contributed by atoms with Crippen LogP contribution in [0.2, 0.25) is 0 Å². The maximum atomic E-state index is 12.8. The molecule has 23 heavy (non-hydrogen) atoms. The second-order valence-corrected chi connectivity index (χ2v) is 6.58. The first-order chi connectivity index (χ1) is 11.0. The summed E-state index contributed by atoms with van der Waals surface area (Å²) in [6.07, 6.45) is 3.25. The molecule has 2 aromatic rings. The van der Waals surface area contributed by atoms with Gasteiger partial charge in [-0.05, 0) is 51.2 Å². The van der Waals surface area contributed by atoms with Crippen LogP contribution < -0.4 is 5.32 Å². The molecule has 4 nitrogen and oxygen atoms in total. The molecule has 1 aliphatic carbocycles. The van der Waals surface area contributed by atoms with E-state index in [9.17, 15) is 4.79 Å². The van der Waals surface area contributed by atoms with Gasteiger partial charge in [0.1, 0.15) is 0 Å². The third-order valence-corrected chi connectivity index (χ3v) is 5.08. The molecule has 1 amide bonds. The minimum absolute atomic E-state index is 0.0888. The number of nitrogens with one attached hydrogen (secondary N) is 1. The van der Waals surface area contributed by atoms with E-state index in [1.54, 1.807) is 0 Å². The summed E-state index contributed by atoms with van der Waals surface area (Å²) in [6.45, 7) is 5.97. The molecule has 4 heteroatoms. The van der Waals surface area contributed by atoms with Crippen LogP contribution in [-0.2, 0) is 18.3 Å². The fourth-order valence-electron chi connectivity index (χ4n) is 3.75. The van der Waals surface area contributed by atoms with Crippen LogP contribution in [0.3, 0.4) is 0 Å². The van der Waals surface area contributed by atoms with Crippen molar-refractivity contribution in [3.63, 3.8) is 0 Å². The number of amides is 1. The van der Waals surface area contributed by atoms with E-state index in [0.29, 0.717) is 0 Å². The summed E-state index contributed by atoms with van der Waals surface area (Å²) in [5, 5.41) is 7.69. The van der Waals surface area contributed by atoms with Gasteiger partial charge in [0, 0.05) is 18.3 Å². The zero-order valence-electron chi connectivity index (χ0n) is 14.4. The first-order valence-corrected chi connectivity index (χ1v) is 8.37. The van der Waals surface area contributed by atoms with Crippen molar-refractivity contribution >= 4 is 5.91 Å². The predicted octanol–water partition coefficient (Wildman–Crippen LogP) is 3.33. The lowest BCUT2D eigenvalue weighted by Gasteiger charge is -2.27. The van der Waals surface area contributed by atoms with E-state index in [4.69, 9.17) is 0 Å². The van der Waals surface area contributed by atoms with Gasteiger partial charge in [0.2, 0.25) is 5.91 Å². The summed E-state index contributed by atoms with van der Waals surface area (Å²) in [5.74, 6) is -0.0938. The van der Waals surface area contributed by atoms with Crippen molar-refractivity contribution < 1.29 is 4.79 Å². The molecule has 1 N–H and O–H groups in total. The fourth-order valence-corrected chi connectivity index (χ4v) is 3.75. The molecule has 122 valence electrons. The van der Waals surface area contributed by atoms with E-state index in [0.717, 1.165) is 36.2 Å². The van der Waals surface area contributed by atoms with Gasteiger partial charge in [0.15, 0.2) is 0 Å². The maximum absolute atomic E-state index is 12.8. The van der Waals surface area contributed by atoms with Crippen molar-refractivity contribution in [2.45, 2.75) is 52.0 Å². The van der Waals surface area contributed by atoms with Gasteiger partial charge >= 0.3 is 0 Å². The Morgan fingerprint density at radius 3 is 2.78 bits per heavy atom. The minimum Gasteiger partial charge on any atom is -0.349 e. The molecule has 1 heterocycles. The van der Waals surface area contributed by atoms with Crippen LogP contribution in [0.5, 0.6) is 0 Å². The SMILES string of the molecule is Cc1nn(C)c(C)c1[C@@H](C)C(=O)N[C@H]1CCCc2ccccc21. The van der Waals surface area contributed by atoms with Crippen molar-refractivity contribution in [3.05, 3.63) is 52.3 Å². The summed E-state index contributed by atoms with van der Waals surface area (Å²) in [5.41, 5.74) is 5.70. The Balaban J connectivity index is 1.80. The zero-order chi connectivity index (χ0) is 16.6. The standard InChI is InChI=1S/C19H25N3O/c1-12(18-13(2)21-22(4)14(18)3)19(23)20-17-11-7-9-15-8-5-6-10-16(15)17/h5-6,8,10,12,17H,7,9,11H2,1-4H3,(H,20,23)/t12-,17+/m1/s1. The Kier molecular flexibility index (Phi) is 4.24. The van der Waals surface area contributed by atoms with Crippen LogP contribution >= 0.6 is 0 Å². The molecular weight excluding hydrogens is 286 g/mol. The number of aromatic nitrogens is 2. The number of carbonyl (C=O) groups excluding carboxylic acids is 1. The van der Waals surface area contributed by atoms with E-state index in [1.165, 1.54) is 11.1 Å². The van der Waals surface area contributed by atoms with Crippen molar-refractivity contribution in [1.82, 2.24) is 15.1 Å². The van der Waals surface area contributed by atoms with Crippen LogP contribution in [0.4, 0.5) is 0 Å². The first kappa shape index (κ1) is 15.8. The van der Waals surface area contributed by atoms with E-state index >= 15 is 0 Å². The number of carbonyl (C=O) groups is 1. The van der Waals surface area contributed by atoms with E-state index < -0.39 is 0 Å². The molecular formula is C19H25N3O. The van der Waals surface area contributed by atoms with E-state index in [-0.39, 0.29) is 17.9 Å². The lowest BCUT2D eigenvalue weighted by atomic mass is 9.87. The Hall–Kier alpha value is -2.10. The zero-order valence-corrected chi connectivity index (χ0v) is 14.4.